The highest BCUT2D eigenvalue weighted by molar-refractivity contribution is 7.89. The molecule has 0 aliphatic heterocycles. The molecule has 3 N–H and O–H groups in total. The van der Waals surface area contributed by atoms with Gasteiger partial charge in [0.15, 0.2) is 0 Å². The molecule has 0 aliphatic rings. The number of nitrogens with zero attached hydrogens (tertiary/aromatic N) is 1. The van der Waals surface area contributed by atoms with E-state index in [9.17, 15) is 13.2 Å². The minimum atomic E-state index is -3.81. The number of carbonyl (C=O) groups excluding carboxylic acids is 1. The number of rotatable bonds is 5. The number of hydrogen-bond acceptors (Lipinski definition) is 4. The van der Waals surface area contributed by atoms with Gasteiger partial charge >= 0.3 is 0 Å². The molecule has 0 aliphatic carbocycles. The van der Waals surface area contributed by atoms with Gasteiger partial charge in [-0.05, 0) is 44.9 Å². The monoisotopic (exact) mass is 313 g/mol. The molecular weight excluding hydrogens is 290 g/mol. The highest BCUT2D eigenvalue weighted by atomic mass is 32.2. The Bertz CT molecular complexity index is 639. The van der Waals surface area contributed by atoms with Crippen molar-refractivity contribution in [2.24, 2.45) is 0 Å². The summed E-state index contributed by atoms with van der Waals surface area (Å²) in [5.74, 6) is -0.347. The van der Waals surface area contributed by atoms with E-state index in [0.717, 1.165) is 9.87 Å². The summed E-state index contributed by atoms with van der Waals surface area (Å²) < 4.78 is 26.2. The summed E-state index contributed by atoms with van der Waals surface area (Å²) in [5.41, 5.74) is 7.45. The van der Waals surface area contributed by atoms with Crippen molar-refractivity contribution in [3.8, 4) is 0 Å². The molecule has 1 rings (SSSR count). The number of hydrogen-bond donors (Lipinski definition) is 2. The van der Waals surface area contributed by atoms with Gasteiger partial charge < -0.3 is 11.1 Å². The minimum absolute atomic E-state index is 0.0422. The second kappa shape index (κ2) is 6.44. The summed E-state index contributed by atoms with van der Waals surface area (Å²) in [7, 11) is -2.43. The van der Waals surface area contributed by atoms with Gasteiger partial charge in [0.25, 0.3) is 0 Å². The van der Waals surface area contributed by atoms with Gasteiger partial charge in [0.2, 0.25) is 15.9 Å². The third kappa shape index (κ3) is 3.95. The maximum absolute atomic E-state index is 12.6. The number of benzene rings is 1. The van der Waals surface area contributed by atoms with Crippen LogP contribution in [0, 0.1) is 13.8 Å². The van der Waals surface area contributed by atoms with E-state index in [0.29, 0.717) is 5.56 Å². The molecular formula is C14H23N3O3S. The van der Waals surface area contributed by atoms with Crippen LogP contribution in [0.25, 0.3) is 0 Å². The molecule has 0 heterocycles. The zero-order valence-electron chi connectivity index (χ0n) is 13.1. The minimum Gasteiger partial charge on any atom is -0.398 e. The average molecular weight is 313 g/mol. The number of nitrogens with two attached hydrogens (primary N) is 1. The molecule has 1 aromatic carbocycles. The molecule has 0 bridgehead atoms. The van der Waals surface area contributed by atoms with Crippen LogP contribution in [0.2, 0.25) is 0 Å². The Labute approximate surface area is 126 Å². The fourth-order valence-corrected chi connectivity index (χ4v) is 3.48. The molecule has 6 nitrogen and oxygen atoms in total. The predicted molar refractivity (Wildman–Crippen MR) is 83.4 cm³/mol. The average Bonchev–Trinajstić information content (AvgIpc) is 2.32. The van der Waals surface area contributed by atoms with Gasteiger partial charge in [-0.2, -0.15) is 4.31 Å². The molecule has 0 unspecified atom stereocenters. The smallest absolute Gasteiger partial charge is 0.245 e. The molecule has 1 amide bonds. The summed E-state index contributed by atoms with van der Waals surface area (Å²) in [6, 6.07) is 3.30. The number of carbonyl (C=O) groups is 1. The number of nitrogen functional groups attached to an aromatic ring is 1. The van der Waals surface area contributed by atoms with Crippen LogP contribution in [0.1, 0.15) is 25.0 Å². The summed E-state index contributed by atoms with van der Waals surface area (Å²) in [4.78, 5) is 11.8. The van der Waals surface area contributed by atoms with E-state index in [2.05, 4.69) is 5.32 Å². The number of sulfonamides is 1. The largest absolute Gasteiger partial charge is 0.398 e. The van der Waals surface area contributed by atoms with Crippen molar-refractivity contribution in [2.75, 3.05) is 19.3 Å². The lowest BCUT2D eigenvalue weighted by molar-refractivity contribution is -0.121. The van der Waals surface area contributed by atoms with Crippen LogP contribution in [0.4, 0.5) is 5.69 Å². The highest BCUT2D eigenvalue weighted by Crippen LogP contribution is 2.27. The van der Waals surface area contributed by atoms with Crippen molar-refractivity contribution in [3.05, 3.63) is 23.3 Å². The van der Waals surface area contributed by atoms with Crippen LogP contribution in [0.15, 0.2) is 17.0 Å². The van der Waals surface area contributed by atoms with Gasteiger partial charge in [-0.15, -0.1) is 0 Å². The first-order valence-corrected chi connectivity index (χ1v) is 8.12. The van der Waals surface area contributed by atoms with Crippen molar-refractivity contribution in [1.82, 2.24) is 9.62 Å². The van der Waals surface area contributed by atoms with Gasteiger partial charge in [0.1, 0.15) is 4.90 Å². The van der Waals surface area contributed by atoms with Crippen molar-refractivity contribution in [1.29, 1.82) is 0 Å². The van der Waals surface area contributed by atoms with Crippen molar-refractivity contribution in [3.63, 3.8) is 0 Å². The molecule has 118 valence electrons. The van der Waals surface area contributed by atoms with E-state index >= 15 is 0 Å². The lowest BCUT2D eigenvalue weighted by Crippen LogP contribution is -2.41. The van der Waals surface area contributed by atoms with Crippen LogP contribution < -0.4 is 11.1 Å². The van der Waals surface area contributed by atoms with Crippen LogP contribution in [-0.4, -0.2) is 38.3 Å². The second-order valence-electron chi connectivity index (χ2n) is 5.41. The molecule has 0 saturated carbocycles. The first-order chi connectivity index (χ1) is 9.57. The van der Waals surface area contributed by atoms with E-state index in [1.807, 2.05) is 20.8 Å². The molecule has 0 saturated heterocycles. The van der Waals surface area contributed by atoms with Crippen molar-refractivity contribution >= 4 is 21.6 Å². The van der Waals surface area contributed by atoms with Crippen LogP contribution in [-0.2, 0) is 14.8 Å². The van der Waals surface area contributed by atoms with Crippen LogP contribution in [0.3, 0.4) is 0 Å². The summed E-state index contributed by atoms with van der Waals surface area (Å²) in [5, 5.41) is 2.66. The van der Waals surface area contributed by atoms with E-state index < -0.39 is 10.0 Å². The SMILES string of the molecule is Cc1ccc(N)c(S(=O)(=O)N(C)CC(=O)NC(C)C)c1C. The molecule has 21 heavy (non-hydrogen) atoms. The summed E-state index contributed by atoms with van der Waals surface area (Å²) >= 11 is 0. The fraction of sp³-hybridized carbons (Fsp3) is 0.500. The number of amides is 1. The lowest BCUT2D eigenvalue weighted by Gasteiger charge is -2.20. The normalized spacial score (nSPS) is 12.0. The maximum atomic E-state index is 12.6. The first-order valence-electron chi connectivity index (χ1n) is 6.68. The number of nitrogens with one attached hydrogen (secondary N) is 1. The van der Waals surface area contributed by atoms with E-state index in [1.54, 1.807) is 19.1 Å². The van der Waals surface area contributed by atoms with Gasteiger partial charge in [-0.25, -0.2) is 8.42 Å². The molecule has 7 heteroatoms. The Morgan fingerprint density at radius 3 is 2.43 bits per heavy atom. The van der Waals surface area contributed by atoms with E-state index in [4.69, 9.17) is 5.73 Å². The molecule has 0 radical (unpaired) electrons. The third-order valence-corrected chi connectivity index (χ3v) is 5.20. The second-order valence-corrected chi connectivity index (χ2v) is 7.39. The Morgan fingerprint density at radius 1 is 1.33 bits per heavy atom. The van der Waals surface area contributed by atoms with E-state index in [-0.39, 0.29) is 29.1 Å². The number of likely N-dealkylation sites (N-methyl/N-ethyl adjacent to an activating group) is 1. The topological polar surface area (TPSA) is 92.5 Å². The number of aryl methyl sites for hydroxylation is 1. The zero-order chi connectivity index (χ0) is 16.4. The maximum Gasteiger partial charge on any atom is 0.245 e. The Morgan fingerprint density at radius 2 is 1.90 bits per heavy atom. The molecule has 1 aromatic rings. The quantitative estimate of drug-likeness (QED) is 0.794. The highest BCUT2D eigenvalue weighted by Gasteiger charge is 2.27. The fourth-order valence-electron chi connectivity index (χ4n) is 1.96. The molecule has 0 spiro atoms. The van der Waals surface area contributed by atoms with Gasteiger partial charge in [-0.3, -0.25) is 4.79 Å². The van der Waals surface area contributed by atoms with Gasteiger partial charge in [-0.1, -0.05) is 6.07 Å². The number of anilines is 1. The summed E-state index contributed by atoms with van der Waals surface area (Å²) in [6.45, 7) is 6.91. The predicted octanol–water partition coefficient (Wildman–Crippen LogP) is 1.03. The standard InChI is InChI=1S/C14H23N3O3S/c1-9(2)16-13(18)8-17(5)21(19,20)14-11(4)10(3)6-7-12(14)15/h6-7,9H,8,15H2,1-5H3,(H,16,18). The Hall–Kier alpha value is -1.60. The van der Waals surface area contributed by atoms with Crippen molar-refractivity contribution < 1.29 is 13.2 Å². The lowest BCUT2D eigenvalue weighted by atomic mass is 10.1. The van der Waals surface area contributed by atoms with Crippen LogP contribution >= 0.6 is 0 Å². The third-order valence-electron chi connectivity index (χ3n) is 3.19. The Balaban J connectivity index is 3.12. The molecule has 0 fully saturated rings. The molecule has 0 aromatic heterocycles. The summed E-state index contributed by atoms with van der Waals surface area (Å²) in [6.07, 6.45) is 0. The van der Waals surface area contributed by atoms with Crippen molar-refractivity contribution in [2.45, 2.75) is 38.6 Å². The molecule has 0 atom stereocenters. The van der Waals surface area contributed by atoms with Gasteiger partial charge in [0.05, 0.1) is 12.2 Å². The van der Waals surface area contributed by atoms with Gasteiger partial charge in [0, 0.05) is 13.1 Å². The van der Waals surface area contributed by atoms with Crippen LogP contribution in [0.5, 0.6) is 0 Å². The zero-order valence-corrected chi connectivity index (χ0v) is 13.9. The Kier molecular flexibility index (Phi) is 5.36. The first kappa shape index (κ1) is 17.5. The van der Waals surface area contributed by atoms with E-state index in [1.165, 1.54) is 7.05 Å².